The molecule has 3 aliphatic rings. The zero-order valence-corrected chi connectivity index (χ0v) is 20.8. The highest BCUT2D eigenvalue weighted by Crippen LogP contribution is 2.50. The molecule has 36 heavy (non-hydrogen) atoms. The Kier molecular flexibility index (Phi) is 5.75. The van der Waals surface area contributed by atoms with Crippen molar-refractivity contribution in [3.8, 4) is 22.9 Å². The van der Waals surface area contributed by atoms with E-state index >= 15 is 0 Å². The quantitative estimate of drug-likeness (QED) is 0.551. The third-order valence-electron chi connectivity index (χ3n) is 7.57. The topological polar surface area (TPSA) is 94.8 Å². The Balaban J connectivity index is 1.44. The maximum absolute atomic E-state index is 13.6. The second-order valence-electron chi connectivity index (χ2n) is 9.79. The van der Waals surface area contributed by atoms with E-state index in [2.05, 4.69) is 27.3 Å². The molecule has 0 aliphatic carbocycles. The predicted molar refractivity (Wildman–Crippen MR) is 131 cm³/mol. The molecular formula is C26H30N6O4. The fourth-order valence-electron chi connectivity index (χ4n) is 5.52. The number of tetrazole rings is 1. The number of hydrogen-bond acceptors (Lipinski definition) is 8. The van der Waals surface area contributed by atoms with E-state index in [0.717, 1.165) is 50.0 Å². The molecule has 0 N–H and O–H groups in total. The monoisotopic (exact) mass is 490 g/mol. The molecule has 10 nitrogen and oxygen atoms in total. The second-order valence-corrected chi connectivity index (χ2v) is 9.79. The number of likely N-dealkylation sites (tertiary alicyclic amines) is 1. The highest BCUT2D eigenvalue weighted by Gasteiger charge is 2.38. The Morgan fingerprint density at radius 1 is 1.14 bits per heavy atom. The molecule has 1 aromatic heterocycles. The highest BCUT2D eigenvalue weighted by atomic mass is 16.7. The van der Waals surface area contributed by atoms with Crippen LogP contribution in [0.3, 0.4) is 0 Å². The predicted octanol–water partition coefficient (Wildman–Crippen LogP) is 2.85. The molecule has 0 radical (unpaired) electrons. The van der Waals surface area contributed by atoms with Crippen LogP contribution in [0.4, 0.5) is 0 Å². The molecule has 6 rings (SSSR count). The van der Waals surface area contributed by atoms with E-state index in [1.807, 2.05) is 42.3 Å². The Bertz CT molecular complexity index is 1300. The van der Waals surface area contributed by atoms with Gasteiger partial charge in [-0.05, 0) is 66.4 Å². The van der Waals surface area contributed by atoms with Crippen LogP contribution in [0.5, 0.6) is 17.2 Å². The first-order chi connectivity index (χ1) is 17.6. The number of fused-ring (bicyclic) bond motifs is 2. The van der Waals surface area contributed by atoms with Crippen LogP contribution >= 0.6 is 0 Å². The van der Waals surface area contributed by atoms with Crippen molar-refractivity contribution in [3.05, 3.63) is 52.8 Å². The molecule has 1 fully saturated rings. The number of benzene rings is 2. The van der Waals surface area contributed by atoms with Gasteiger partial charge in [-0.15, -0.1) is 5.10 Å². The first-order valence-electron chi connectivity index (χ1n) is 12.4. The van der Waals surface area contributed by atoms with E-state index in [0.29, 0.717) is 40.2 Å². The van der Waals surface area contributed by atoms with Crippen molar-refractivity contribution < 1.29 is 19.0 Å². The molecule has 3 aromatic rings. The van der Waals surface area contributed by atoms with Gasteiger partial charge in [0.25, 0.3) is 5.91 Å². The van der Waals surface area contributed by atoms with Crippen LogP contribution in [-0.2, 0) is 6.42 Å². The molecule has 0 saturated carbocycles. The second kappa shape index (κ2) is 9.09. The summed E-state index contributed by atoms with van der Waals surface area (Å²) in [4.78, 5) is 17.7. The van der Waals surface area contributed by atoms with Crippen molar-refractivity contribution in [2.24, 2.45) is 5.92 Å². The minimum absolute atomic E-state index is 0.0114. The Hall–Kier alpha value is -3.66. The molecule has 0 spiro atoms. The zero-order chi connectivity index (χ0) is 24.8. The summed E-state index contributed by atoms with van der Waals surface area (Å²) in [6.45, 7) is 4.74. The number of carbonyl (C=O) groups is 1. The van der Waals surface area contributed by atoms with Crippen molar-refractivity contribution in [3.63, 3.8) is 0 Å². The normalized spacial score (nSPS) is 19.9. The fourth-order valence-corrected chi connectivity index (χ4v) is 5.52. The molecule has 0 unspecified atom stereocenters. The van der Waals surface area contributed by atoms with Gasteiger partial charge in [0.2, 0.25) is 12.5 Å². The smallest absolute Gasteiger partial charge is 0.256 e. The van der Waals surface area contributed by atoms with Gasteiger partial charge in [0.05, 0.1) is 18.4 Å². The summed E-state index contributed by atoms with van der Waals surface area (Å²) in [6.07, 6.45) is 2.87. The van der Waals surface area contributed by atoms with Crippen molar-refractivity contribution >= 4 is 5.91 Å². The number of nitrogens with zero attached hydrogens (tertiary/aromatic N) is 6. The van der Waals surface area contributed by atoms with Crippen LogP contribution in [0.25, 0.3) is 5.69 Å². The van der Waals surface area contributed by atoms with Crippen LogP contribution in [0.1, 0.15) is 53.1 Å². The molecule has 0 bridgehead atoms. The number of rotatable bonds is 4. The van der Waals surface area contributed by atoms with E-state index in [4.69, 9.17) is 14.2 Å². The number of ether oxygens (including phenoxy) is 3. The van der Waals surface area contributed by atoms with Gasteiger partial charge in [-0.1, -0.05) is 19.1 Å². The van der Waals surface area contributed by atoms with Gasteiger partial charge in [0.15, 0.2) is 17.3 Å². The van der Waals surface area contributed by atoms with Gasteiger partial charge in [0.1, 0.15) is 6.04 Å². The number of aromatic nitrogens is 4. The molecule has 1 atom stereocenters. The highest BCUT2D eigenvalue weighted by molar-refractivity contribution is 5.97. The molecular weight excluding hydrogens is 460 g/mol. The number of hydrogen-bond donors (Lipinski definition) is 0. The lowest BCUT2D eigenvalue weighted by molar-refractivity contribution is 0.0697. The number of carbonyl (C=O) groups excluding carboxylic acids is 1. The summed E-state index contributed by atoms with van der Waals surface area (Å²) in [5.74, 6) is 3.20. The summed E-state index contributed by atoms with van der Waals surface area (Å²) in [5, 5.41) is 12.9. The molecule has 1 saturated heterocycles. The maximum atomic E-state index is 13.6. The first-order valence-corrected chi connectivity index (χ1v) is 12.4. The minimum atomic E-state index is -0.299. The van der Waals surface area contributed by atoms with Gasteiger partial charge in [0, 0.05) is 25.2 Å². The summed E-state index contributed by atoms with van der Waals surface area (Å²) in [5.41, 5.74) is 3.33. The number of likely N-dealkylation sites (N-methyl/N-ethyl adjacent to an activating group) is 1. The summed E-state index contributed by atoms with van der Waals surface area (Å²) in [7, 11) is 3.68. The van der Waals surface area contributed by atoms with Crippen LogP contribution in [0, 0.1) is 5.92 Å². The van der Waals surface area contributed by atoms with Gasteiger partial charge in [-0.3, -0.25) is 9.69 Å². The van der Waals surface area contributed by atoms with Crippen LogP contribution < -0.4 is 14.2 Å². The van der Waals surface area contributed by atoms with Crippen LogP contribution in [-0.4, -0.2) is 76.5 Å². The van der Waals surface area contributed by atoms with Crippen molar-refractivity contribution in [1.29, 1.82) is 0 Å². The Morgan fingerprint density at radius 2 is 1.94 bits per heavy atom. The summed E-state index contributed by atoms with van der Waals surface area (Å²) in [6, 6.07) is 9.29. The molecule has 188 valence electrons. The third kappa shape index (κ3) is 3.67. The SMILES string of the molecule is COc1c2c(cc3c1[C@H](c1nnnn1-c1ccccc1C(=O)N1CCC(C)CC1)N(C)CC3)OCO2. The standard InChI is InChI=1S/C26H30N6O4/c1-16-8-12-31(13-9-16)26(33)18-6-4-5-7-19(18)32-25(27-28-29-32)22-21-17(10-11-30(22)2)14-20-23(24(21)34-3)36-15-35-20/h4-7,14,16,22H,8-13,15H2,1-3H3/t22-/m1/s1. The minimum Gasteiger partial charge on any atom is -0.492 e. The Morgan fingerprint density at radius 3 is 2.75 bits per heavy atom. The van der Waals surface area contributed by atoms with Crippen molar-refractivity contribution in [2.45, 2.75) is 32.2 Å². The Labute approximate surface area is 209 Å². The summed E-state index contributed by atoms with van der Waals surface area (Å²) >= 11 is 0. The van der Waals surface area contributed by atoms with Crippen molar-refractivity contribution in [1.82, 2.24) is 30.0 Å². The average molecular weight is 491 g/mol. The lowest BCUT2D eigenvalue weighted by Crippen LogP contribution is -2.38. The third-order valence-corrected chi connectivity index (χ3v) is 7.57. The molecule has 10 heteroatoms. The molecule has 4 heterocycles. The largest absolute Gasteiger partial charge is 0.492 e. The number of amides is 1. The molecule has 1 amide bonds. The van der Waals surface area contributed by atoms with E-state index < -0.39 is 0 Å². The first kappa shape index (κ1) is 22.8. The van der Waals surface area contributed by atoms with Gasteiger partial charge < -0.3 is 19.1 Å². The summed E-state index contributed by atoms with van der Waals surface area (Å²) < 4.78 is 19.0. The molecule has 2 aromatic carbocycles. The fraction of sp³-hybridized carbons (Fsp3) is 0.462. The van der Waals surface area contributed by atoms with Gasteiger partial charge >= 0.3 is 0 Å². The van der Waals surface area contributed by atoms with Crippen molar-refractivity contribution in [2.75, 3.05) is 40.6 Å². The van der Waals surface area contributed by atoms with E-state index in [-0.39, 0.29) is 18.7 Å². The van der Waals surface area contributed by atoms with E-state index in [1.54, 1.807) is 11.8 Å². The molecule has 3 aliphatic heterocycles. The van der Waals surface area contributed by atoms with E-state index in [9.17, 15) is 4.79 Å². The van der Waals surface area contributed by atoms with Gasteiger partial charge in [-0.2, -0.15) is 4.68 Å². The number of para-hydroxylation sites is 1. The van der Waals surface area contributed by atoms with Crippen LogP contribution in [0.2, 0.25) is 0 Å². The lowest BCUT2D eigenvalue weighted by Gasteiger charge is -2.35. The average Bonchev–Trinajstić information content (AvgIpc) is 3.57. The lowest BCUT2D eigenvalue weighted by atomic mass is 9.90. The van der Waals surface area contributed by atoms with Gasteiger partial charge in [-0.25, -0.2) is 0 Å². The number of piperidine rings is 1. The number of methoxy groups -OCH3 is 1. The zero-order valence-electron chi connectivity index (χ0n) is 20.8. The van der Waals surface area contributed by atoms with Crippen LogP contribution in [0.15, 0.2) is 30.3 Å². The van der Waals surface area contributed by atoms with E-state index in [1.165, 1.54) is 0 Å². The maximum Gasteiger partial charge on any atom is 0.256 e.